The van der Waals surface area contributed by atoms with Crippen LogP contribution in [-0.4, -0.2) is 45.7 Å². The number of nitrogens with one attached hydrogen (secondary N) is 2. The van der Waals surface area contributed by atoms with E-state index in [0.29, 0.717) is 13.2 Å². The maximum Gasteiger partial charge on any atom is 0.338 e. The summed E-state index contributed by atoms with van der Waals surface area (Å²) in [6, 6.07) is 13.1. The molecule has 0 radical (unpaired) electrons. The highest BCUT2D eigenvalue weighted by Gasteiger charge is 2.25. The fourth-order valence-electron chi connectivity index (χ4n) is 3.13. The summed E-state index contributed by atoms with van der Waals surface area (Å²) in [6.45, 7) is 2.45. The van der Waals surface area contributed by atoms with Gasteiger partial charge < -0.3 is 14.8 Å². The van der Waals surface area contributed by atoms with Gasteiger partial charge >= 0.3 is 5.97 Å². The second-order valence-electron chi connectivity index (χ2n) is 7.38. The first-order valence-electron chi connectivity index (χ1n) is 10.2. The first-order valence-corrected chi connectivity index (χ1v) is 12.1. The molecule has 1 amide bonds. The fourth-order valence-corrected chi connectivity index (χ4v) is 4.72. The van der Waals surface area contributed by atoms with E-state index in [9.17, 15) is 18.0 Å². The molecule has 1 heterocycles. The van der Waals surface area contributed by atoms with E-state index in [2.05, 4.69) is 10.0 Å². The molecule has 1 aliphatic rings. The zero-order valence-corrected chi connectivity index (χ0v) is 19.1. The highest BCUT2D eigenvalue weighted by molar-refractivity contribution is 7.89. The molecule has 10 heteroatoms. The molecule has 0 spiro atoms. The number of amides is 1. The lowest BCUT2D eigenvalue weighted by Crippen LogP contribution is -2.35. The van der Waals surface area contributed by atoms with Gasteiger partial charge in [0, 0.05) is 19.7 Å². The van der Waals surface area contributed by atoms with Crippen LogP contribution in [0.15, 0.2) is 53.4 Å². The normalized spacial score (nSPS) is 17.0. The molecular formula is C22H25ClN2O6S. The third-order valence-electron chi connectivity index (χ3n) is 4.94. The van der Waals surface area contributed by atoms with Gasteiger partial charge in [-0.1, -0.05) is 41.9 Å². The number of hydrogen-bond donors (Lipinski definition) is 2. The molecule has 2 N–H and O–H groups in total. The lowest BCUT2D eigenvalue weighted by atomic mass is 10.2. The van der Waals surface area contributed by atoms with Crippen LogP contribution in [0.4, 0.5) is 0 Å². The van der Waals surface area contributed by atoms with E-state index in [1.165, 1.54) is 19.1 Å². The van der Waals surface area contributed by atoms with Crippen LogP contribution in [0, 0.1) is 0 Å². The minimum atomic E-state index is -3.97. The molecule has 2 aromatic rings. The van der Waals surface area contributed by atoms with E-state index < -0.39 is 28.0 Å². The van der Waals surface area contributed by atoms with Crippen molar-refractivity contribution < 1.29 is 27.5 Å². The maximum absolute atomic E-state index is 12.7. The Labute approximate surface area is 192 Å². The Balaban J connectivity index is 1.61. The molecule has 3 rings (SSSR count). The summed E-state index contributed by atoms with van der Waals surface area (Å²) in [6.07, 6.45) is 0.393. The average molecular weight is 481 g/mol. The number of hydrogen-bond acceptors (Lipinski definition) is 6. The number of ether oxygens (including phenoxy) is 2. The zero-order chi connectivity index (χ0) is 23.1. The molecule has 0 aromatic heterocycles. The van der Waals surface area contributed by atoms with Gasteiger partial charge in [-0.05, 0) is 43.5 Å². The van der Waals surface area contributed by atoms with Crippen molar-refractivity contribution in [2.75, 3.05) is 13.2 Å². The van der Waals surface area contributed by atoms with Crippen molar-refractivity contribution in [1.29, 1.82) is 0 Å². The van der Waals surface area contributed by atoms with Crippen molar-refractivity contribution in [3.8, 4) is 0 Å². The zero-order valence-electron chi connectivity index (χ0n) is 17.5. The molecule has 1 aliphatic heterocycles. The van der Waals surface area contributed by atoms with Gasteiger partial charge in [0.15, 0.2) is 6.10 Å². The SMILES string of the molecule is CC(OC(=O)c1ccc(Cl)c(S(=O)(=O)NCC2CCCO2)c1)C(=O)NCc1ccccc1. The summed E-state index contributed by atoms with van der Waals surface area (Å²) in [5.74, 6) is -1.30. The van der Waals surface area contributed by atoms with Gasteiger partial charge in [0.2, 0.25) is 10.0 Å². The molecule has 0 aliphatic carbocycles. The molecule has 1 fully saturated rings. The van der Waals surface area contributed by atoms with Crippen LogP contribution in [0.2, 0.25) is 5.02 Å². The van der Waals surface area contributed by atoms with E-state index in [1.54, 1.807) is 0 Å². The van der Waals surface area contributed by atoms with Gasteiger partial charge in [-0.25, -0.2) is 17.9 Å². The Bertz CT molecular complexity index is 1060. The molecule has 2 unspecified atom stereocenters. The van der Waals surface area contributed by atoms with E-state index in [1.807, 2.05) is 30.3 Å². The van der Waals surface area contributed by atoms with Crippen LogP contribution in [0.3, 0.4) is 0 Å². The van der Waals surface area contributed by atoms with Crippen molar-refractivity contribution in [3.63, 3.8) is 0 Å². The van der Waals surface area contributed by atoms with Gasteiger partial charge in [0.05, 0.1) is 16.7 Å². The average Bonchev–Trinajstić information content (AvgIpc) is 3.30. The van der Waals surface area contributed by atoms with Gasteiger partial charge in [-0.2, -0.15) is 0 Å². The summed E-state index contributed by atoms with van der Waals surface area (Å²) < 4.78 is 38.4. The molecular weight excluding hydrogens is 456 g/mol. The third-order valence-corrected chi connectivity index (χ3v) is 6.85. The smallest absolute Gasteiger partial charge is 0.338 e. The fraction of sp³-hybridized carbons (Fsp3) is 0.364. The largest absolute Gasteiger partial charge is 0.449 e. The summed E-state index contributed by atoms with van der Waals surface area (Å²) in [7, 11) is -3.97. The standard InChI is InChI=1S/C22H25ClN2O6S/c1-15(21(26)24-13-16-6-3-2-4-7-16)31-22(27)17-9-10-19(23)20(12-17)32(28,29)25-14-18-8-5-11-30-18/h2-4,6-7,9-10,12,15,18,25H,5,8,11,13-14H2,1H3,(H,24,26). The van der Waals surface area contributed by atoms with Crippen LogP contribution in [0.5, 0.6) is 0 Å². The van der Waals surface area contributed by atoms with Crippen LogP contribution in [0.25, 0.3) is 0 Å². The number of carbonyl (C=O) groups excluding carboxylic acids is 2. The van der Waals surface area contributed by atoms with E-state index in [-0.39, 0.29) is 28.1 Å². The van der Waals surface area contributed by atoms with Crippen molar-refractivity contribution in [3.05, 3.63) is 64.7 Å². The number of sulfonamides is 1. The summed E-state index contributed by atoms with van der Waals surface area (Å²) in [5, 5.41) is 2.66. The highest BCUT2D eigenvalue weighted by atomic mass is 35.5. The lowest BCUT2D eigenvalue weighted by molar-refractivity contribution is -0.129. The molecule has 32 heavy (non-hydrogen) atoms. The van der Waals surface area contributed by atoms with Crippen molar-refractivity contribution >= 4 is 33.5 Å². The second kappa shape index (κ2) is 10.9. The Morgan fingerprint density at radius 2 is 1.97 bits per heavy atom. The molecule has 1 saturated heterocycles. The third kappa shape index (κ3) is 6.52. The van der Waals surface area contributed by atoms with Crippen LogP contribution < -0.4 is 10.0 Å². The van der Waals surface area contributed by atoms with Gasteiger partial charge in [-0.15, -0.1) is 0 Å². The minimum Gasteiger partial charge on any atom is -0.449 e. The van der Waals surface area contributed by atoms with Crippen molar-refractivity contribution in [2.45, 2.75) is 43.4 Å². The molecule has 2 aromatic carbocycles. The Morgan fingerprint density at radius 3 is 2.66 bits per heavy atom. The Kier molecular flexibility index (Phi) is 8.25. The van der Waals surface area contributed by atoms with Crippen molar-refractivity contribution in [1.82, 2.24) is 10.0 Å². The minimum absolute atomic E-state index is 0.0324. The quantitative estimate of drug-likeness (QED) is 0.534. The first kappa shape index (κ1) is 24.2. The number of carbonyl (C=O) groups is 2. The maximum atomic E-state index is 12.7. The predicted molar refractivity (Wildman–Crippen MR) is 119 cm³/mol. The van der Waals surface area contributed by atoms with Crippen LogP contribution >= 0.6 is 11.6 Å². The summed E-state index contributed by atoms with van der Waals surface area (Å²) in [5.41, 5.74) is 0.872. The number of rotatable bonds is 9. The molecule has 0 saturated carbocycles. The molecule has 0 bridgehead atoms. The predicted octanol–water partition coefficient (Wildman–Crippen LogP) is 2.66. The summed E-state index contributed by atoms with van der Waals surface area (Å²) >= 11 is 6.07. The highest BCUT2D eigenvalue weighted by Crippen LogP contribution is 2.24. The second-order valence-corrected chi connectivity index (χ2v) is 9.53. The van der Waals surface area contributed by atoms with E-state index in [4.69, 9.17) is 21.1 Å². The monoisotopic (exact) mass is 480 g/mol. The van der Waals surface area contributed by atoms with Crippen LogP contribution in [-0.2, 0) is 30.8 Å². The van der Waals surface area contributed by atoms with Gasteiger partial charge in [0.1, 0.15) is 4.90 Å². The number of benzene rings is 2. The van der Waals surface area contributed by atoms with Crippen LogP contribution in [0.1, 0.15) is 35.7 Å². The molecule has 2 atom stereocenters. The van der Waals surface area contributed by atoms with E-state index >= 15 is 0 Å². The summed E-state index contributed by atoms with van der Waals surface area (Å²) in [4.78, 5) is 24.5. The first-order chi connectivity index (χ1) is 15.3. The topological polar surface area (TPSA) is 111 Å². The molecule has 8 nitrogen and oxygen atoms in total. The van der Waals surface area contributed by atoms with Gasteiger partial charge in [-0.3, -0.25) is 4.79 Å². The molecule has 172 valence electrons. The van der Waals surface area contributed by atoms with Gasteiger partial charge in [0.25, 0.3) is 5.91 Å². The number of esters is 1. The number of halogens is 1. The van der Waals surface area contributed by atoms with E-state index in [0.717, 1.165) is 24.5 Å². The Morgan fingerprint density at radius 1 is 1.22 bits per heavy atom. The van der Waals surface area contributed by atoms with Crippen molar-refractivity contribution in [2.24, 2.45) is 0 Å². The Hall–Kier alpha value is -2.46. The lowest BCUT2D eigenvalue weighted by Gasteiger charge is -2.15.